The molecule has 0 amide bonds. The predicted molar refractivity (Wildman–Crippen MR) is 65.5 cm³/mol. The van der Waals surface area contributed by atoms with Gasteiger partial charge in [0.2, 0.25) is 0 Å². The van der Waals surface area contributed by atoms with Crippen LogP contribution in [0.5, 0.6) is 0 Å². The summed E-state index contributed by atoms with van der Waals surface area (Å²) < 4.78 is 0. The van der Waals surface area contributed by atoms with E-state index >= 15 is 0 Å². The fraction of sp³-hybridized carbons (Fsp3) is 0.615. The van der Waals surface area contributed by atoms with Gasteiger partial charge in [0.25, 0.3) is 0 Å². The molecule has 3 nitrogen and oxygen atoms in total. The van der Waals surface area contributed by atoms with Gasteiger partial charge in [-0.3, -0.25) is 0 Å². The number of hydrogen-bond acceptors (Lipinski definition) is 3. The smallest absolute Gasteiger partial charge is 0.131 e. The van der Waals surface area contributed by atoms with Crippen LogP contribution < -0.4 is 4.90 Å². The maximum absolute atomic E-state index is 9.05. The summed E-state index contributed by atoms with van der Waals surface area (Å²) in [4.78, 5) is 6.81. The van der Waals surface area contributed by atoms with Crippen molar-refractivity contribution in [2.75, 3.05) is 18.0 Å². The Hall–Kier alpha value is -1.09. The lowest BCUT2D eigenvalue weighted by molar-refractivity contribution is 0.281. The Morgan fingerprint density at radius 3 is 2.75 bits per heavy atom. The number of anilines is 1. The second kappa shape index (κ2) is 4.83. The Bertz CT molecular complexity index is 361. The van der Waals surface area contributed by atoms with Gasteiger partial charge in [-0.1, -0.05) is 0 Å². The van der Waals surface area contributed by atoms with Gasteiger partial charge in [0.05, 0.1) is 6.61 Å². The molecule has 0 unspecified atom stereocenters. The van der Waals surface area contributed by atoms with Crippen LogP contribution in [0.1, 0.15) is 30.9 Å². The maximum Gasteiger partial charge on any atom is 0.131 e. The normalized spacial score (nSPS) is 15.2. The van der Waals surface area contributed by atoms with E-state index in [0.29, 0.717) is 0 Å². The lowest BCUT2D eigenvalue weighted by atomic mass is 10.2. The molecule has 0 saturated heterocycles. The molecule has 1 N–H and O–H groups in total. The van der Waals surface area contributed by atoms with Crippen molar-refractivity contribution in [3.63, 3.8) is 0 Å². The molecule has 0 spiro atoms. The summed E-state index contributed by atoms with van der Waals surface area (Å²) >= 11 is 0. The molecule has 0 bridgehead atoms. The van der Waals surface area contributed by atoms with Gasteiger partial charge in [0.1, 0.15) is 5.82 Å². The first-order valence-electron chi connectivity index (χ1n) is 6.06. The molecular weight excluding hydrogens is 200 g/mol. The number of pyridine rings is 1. The summed E-state index contributed by atoms with van der Waals surface area (Å²) in [6, 6.07) is 2.03. The monoisotopic (exact) mass is 220 g/mol. The summed E-state index contributed by atoms with van der Waals surface area (Å²) in [5.74, 6) is 1.95. The molecule has 1 aromatic heterocycles. The van der Waals surface area contributed by atoms with E-state index in [1.807, 2.05) is 6.07 Å². The van der Waals surface area contributed by atoms with Gasteiger partial charge in [-0.05, 0) is 49.8 Å². The zero-order chi connectivity index (χ0) is 11.5. The highest BCUT2D eigenvalue weighted by atomic mass is 16.3. The zero-order valence-electron chi connectivity index (χ0n) is 10.1. The molecule has 3 heteroatoms. The summed E-state index contributed by atoms with van der Waals surface area (Å²) in [6.45, 7) is 6.44. The molecule has 1 saturated carbocycles. The van der Waals surface area contributed by atoms with Crippen LogP contribution in [0.3, 0.4) is 0 Å². The number of aliphatic hydroxyl groups excluding tert-OH is 1. The van der Waals surface area contributed by atoms with Crippen molar-refractivity contribution >= 4 is 5.82 Å². The van der Waals surface area contributed by atoms with E-state index in [2.05, 4.69) is 23.7 Å². The Labute approximate surface area is 97.1 Å². The predicted octanol–water partition coefficient (Wildman–Crippen LogP) is 2.12. The molecule has 0 atom stereocenters. The quantitative estimate of drug-likeness (QED) is 0.825. The van der Waals surface area contributed by atoms with Crippen LogP contribution in [0.15, 0.2) is 12.3 Å². The largest absolute Gasteiger partial charge is 0.392 e. The molecule has 1 aliphatic carbocycles. The second-order valence-corrected chi connectivity index (χ2v) is 4.62. The molecule has 16 heavy (non-hydrogen) atoms. The number of aromatic nitrogens is 1. The standard InChI is InChI=1S/C13H20N2O/c1-3-15(8-11-4-5-11)13-10(2)6-12(9-16)7-14-13/h6-7,11,16H,3-5,8-9H2,1-2H3. The highest BCUT2D eigenvalue weighted by Gasteiger charge is 2.24. The maximum atomic E-state index is 9.05. The van der Waals surface area contributed by atoms with Crippen LogP contribution in [0.25, 0.3) is 0 Å². The van der Waals surface area contributed by atoms with Crippen molar-refractivity contribution < 1.29 is 5.11 Å². The van der Waals surface area contributed by atoms with E-state index in [4.69, 9.17) is 5.11 Å². The molecule has 1 fully saturated rings. The van der Waals surface area contributed by atoms with Gasteiger partial charge >= 0.3 is 0 Å². The Morgan fingerprint density at radius 2 is 2.25 bits per heavy atom. The van der Waals surface area contributed by atoms with Crippen molar-refractivity contribution in [2.45, 2.75) is 33.3 Å². The molecule has 1 aliphatic rings. The topological polar surface area (TPSA) is 36.4 Å². The highest BCUT2D eigenvalue weighted by Crippen LogP contribution is 2.31. The van der Waals surface area contributed by atoms with Crippen molar-refractivity contribution in [3.05, 3.63) is 23.4 Å². The Balaban J connectivity index is 2.15. The third-order valence-corrected chi connectivity index (χ3v) is 3.15. The fourth-order valence-electron chi connectivity index (χ4n) is 2.02. The van der Waals surface area contributed by atoms with Gasteiger partial charge < -0.3 is 10.0 Å². The fourth-order valence-corrected chi connectivity index (χ4v) is 2.02. The van der Waals surface area contributed by atoms with E-state index in [1.54, 1.807) is 6.20 Å². The number of rotatable bonds is 5. The zero-order valence-corrected chi connectivity index (χ0v) is 10.1. The summed E-state index contributed by atoms with van der Waals surface area (Å²) in [5, 5.41) is 9.05. The summed E-state index contributed by atoms with van der Waals surface area (Å²) in [6.07, 6.45) is 4.51. The Morgan fingerprint density at radius 1 is 1.50 bits per heavy atom. The minimum atomic E-state index is 0.0723. The number of aliphatic hydroxyl groups is 1. The van der Waals surface area contributed by atoms with Crippen molar-refractivity contribution in [1.82, 2.24) is 4.98 Å². The van der Waals surface area contributed by atoms with Gasteiger partial charge in [-0.15, -0.1) is 0 Å². The van der Waals surface area contributed by atoms with Crippen molar-refractivity contribution in [1.29, 1.82) is 0 Å². The third-order valence-electron chi connectivity index (χ3n) is 3.15. The Kier molecular flexibility index (Phi) is 3.44. The third kappa shape index (κ3) is 2.53. The van der Waals surface area contributed by atoms with E-state index in [9.17, 15) is 0 Å². The molecule has 1 heterocycles. The lowest BCUT2D eigenvalue weighted by Crippen LogP contribution is -2.27. The van der Waals surface area contributed by atoms with Gasteiger partial charge in [0, 0.05) is 19.3 Å². The number of aryl methyl sites for hydroxylation is 1. The van der Waals surface area contributed by atoms with E-state index in [1.165, 1.54) is 12.8 Å². The van der Waals surface area contributed by atoms with Crippen LogP contribution in [0, 0.1) is 12.8 Å². The van der Waals surface area contributed by atoms with Gasteiger partial charge in [-0.2, -0.15) is 0 Å². The number of hydrogen-bond donors (Lipinski definition) is 1. The number of nitrogens with zero attached hydrogens (tertiary/aromatic N) is 2. The first-order chi connectivity index (χ1) is 7.74. The van der Waals surface area contributed by atoms with Crippen LogP contribution >= 0.6 is 0 Å². The molecule has 1 aromatic rings. The van der Waals surface area contributed by atoms with Crippen molar-refractivity contribution in [2.24, 2.45) is 5.92 Å². The minimum absolute atomic E-state index is 0.0723. The molecule has 2 rings (SSSR count). The van der Waals surface area contributed by atoms with E-state index in [0.717, 1.165) is 36.0 Å². The first kappa shape index (κ1) is 11.4. The van der Waals surface area contributed by atoms with Crippen LogP contribution in [0.4, 0.5) is 5.82 Å². The average Bonchev–Trinajstić information content (AvgIpc) is 3.10. The molecule has 0 radical (unpaired) electrons. The van der Waals surface area contributed by atoms with E-state index in [-0.39, 0.29) is 6.61 Å². The molecule has 0 aliphatic heterocycles. The lowest BCUT2D eigenvalue weighted by Gasteiger charge is -2.23. The molecule has 88 valence electrons. The second-order valence-electron chi connectivity index (χ2n) is 4.62. The molecule has 0 aromatic carbocycles. The minimum Gasteiger partial charge on any atom is -0.392 e. The van der Waals surface area contributed by atoms with Crippen LogP contribution in [-0.2, 0) is 6.61 Å². The first-order valence-corrected chi connectivity index (χ1v) is 6.06. The van der Waals surface area contributed by atoms with Gasteiger partial charge in [-0.25, -0.2) is 4.98 Å². The van der Waals surface area contributed by atoms with Crippen LogP contribution in [0.2, 0.25) is 0 Å². The summed E-state index contributed by atoms with van der Waals surface area (Å²) in [7, 11) is 0. The SMILES string of the molecule is CCN(CC1CC1)c1ncc(CO)cc1C. The summed E-state index contributed by atoms with van der Waals surface area (Å²) in [5.41, 5.74) is 2.05. The van der Waals surface area contributed by atoms with Gasteiger partial charge in [0.15, 0.2) is 0 Å². The van der Waals surface area contributed by atoms with E-state index < -0.39 is 0 Å². The van der Waals surface area contributed by atoms with Crippen LogP contribution in [-0.4, -0.2) is 23.2 Å². The average molecular weight is 220 g/mol. The van der Waals surface area contributed by atoms with Crippen molar-refractivity contribution in [3.8, 4) is 0 Å². The highest BCUT2D eigenvalue weighted by molar-refractivity contribution is 5.47. The molecular formula is C13H20N2O.